The molecule has 134 valence electrons. The van der Waals surface area contributed by atoms with Gasteiger partial charge in [-0.2, -0.15) is 0 Å². The second-order valence-corrected chi connectivity index (χ2v) is 7.32. The van der Waals surface area contributed by atoms with Gasteiger partial charge in [-0.15, -0.1) is 0 Å². The van der Waals surface area contributed by atoms with E-state index in [0.717, 1.165) is 34.2 Å². The average molecular weight is 366 g/mol. The highest BCUT2D eigenvalue weighted by atomic mass is 32.2. The molecule has 0 fully saturated rings. The highest BCUT2D eigenvalue weighted by Crippen LogP contribution is 2.21. The van der Waals surface area contributed by atoms with Gasteiger partial charge in [0.05, 0.1) is 11.4 Å². The van der Waals surface area contributed by atoms with E-state index in [-0.39, 0.29) is 5.91 Å². The van der Waals surface area contributed by atoms with Crippen molar-refractivity contribution in [1.29, 1.82) is 0 Å². The molecule has 0 bridgehead atoms. The summed E-state index contributed by atoms with van der Waals surface area (Å²) in [5, 5.41) is 3.76. The minimum Gasteiger partial charge on any atom is -0.337 e. The van der Waals surface area contributed by atoms with Crippen molar-refractivity contribution in [2.24, 2.45) is 0 Å². The van der Waals surface area contributed by atoms with Crippen LogP contribution < -0.4 is 5.32 Å². The first-order valence-electron chi connectivity index (χ1n) is 8.61. The number of aromatic amines is 1. The Morgan fingerprint density at radius 3 is 2.62 bits per heavy atom. The van der Waals surface area contributed by atoms with E-state index in [1.807, 2.05) is 57.2 Å². The van der Waals surface area contributed by atoms with Gasteiger partial charge < -0.3 is 10.3 Å². The van der Waals surface area contributed by atoms with Gasteiger partial charge in [0.1, 0.15) is 0 Å². The number of hydrogen-bond acceptors (Lipinski definition) is 3. The fourth-order valence-electron chi connectivity index (χ4n) is 2.70. The molecule has 5 heteroatoms. The Labute approximate surface area is 158 Å². The van der Waals surface area contributed by atoms with Crippen LogP contribution in [-0.4, -0.2) is 21.6 Å². The summed E-state index contributed by atoms with van der Waals surface area (Å²) in [5.74, 6) is 0.299. The first-order valence-corrected chi connectivity index (χ1v) is 9.60. The molecule has 0 aliphatic carbocycles. The maximum absolute atomic E-state index is 12.3. The van der Waals surface area contributed by atoms with Gasteiger partial charge in [-0.25, -0.2) is 4.98 Å². The Hall–Kier alpha value is -2.53. The van der Waals surface area contributed by atoms with Crippen LogP contribution in [0.1, 0.15) is 28.1 Å². The Kier molecular flexibility index (Phi) is 5.78. The molecule has 26 heavy (non-hydrogen) atoms. The normalized spacial score (nSPS) is 10.7. The standard InChI is InChI=1S/C21H23N3OS/c1-14-8-7-11-18(15(14)2)23-20(25)13-26-21-22-16(3)19(24-21)12-17-9-5-4-6-10-17/h4-11H,12-13H2,1-3H3,(H,22,24)(H,23,25). The minimum atomic E-state index is -0.0256. The molecule has 0 aliphatic rings. The van der Waals surface area contributed by atoms with Gasteiger partial charge in [-0.05, 0) is 43.5 Å². The smallest absolute Gasteiger partial charge is 0.234 e. The van der Waals surface area contributed by atoms with Crippen molar-refractivity contribution in [3.63, 3.8) is 0 Å². The third-order valence-electron chi connectivity index (χ3n) is 4.40. The molecule has 0 spiro atoms. The molecule has 3 aromatic rings. The van der Waals surface area contributed by atoms with E-state index in [0.29, 0.717) is 5.75 Å². The van der Waals surface area contributed by atoms with E-state index in [4.69, 9.17) is 0 Å². The molecular formula is C21H23N3OS. The molecule has 2 N–H and O–H groups in total. The topological polar surface area (TPSA) is 57.8 Å². The number of aryl methyl sites for hydroxylation is 2. The predicted molar refractivity (Wildman–Crippen MR) is 108 cm³/mol. The lowest BCUT2D eigenvalue weighted by Gasteiger charge is -2.09. The summed E-state index contributed by atoms with van der Waals surface area (Å²) in [5.41, 5.74) is 6.44. The van der Waals surface area contributed by atoms with Gasteiger partial charge in [0.25, 0.3) is 0 Å². The van der Waals surface area contributed by atoms with Crippen molar-refractivity contribution in [2.45, 2.75) is 32.3 Å². The molecule has 1 amide bonds. The third kappa shape index (κ3) is 4.55. The Balaban J connectivity index is 1.59. The van der Waals surface area contributed by atoms with Gasteiger partial charge in [-0.1, -0.05) is 54.2 Å². The fourth-order valence-corrected chi connectivity index (χ4v) is 3.44. The van der Waals surface area contributed by atoms with Crippen molar-refractivity contribution in [2.75, 3.05) is 11.1 Å². The van der Waals surface area contributed by atoms with E-state index < -0.39 is 0 Å². The SMILES string of the molecule is Cc1cccc(NC(=O)CSc2nc(Cc3ccccc3)c(C)[nH]2)c1C. The Morgan fingerprint density at radius 2 is 1.85 bits per heavy atom. The zero-order valence-electron chi connectivity index (χ0n) is 15.3. The summed E-state index contributed by atoms with van der Waals surface area (Å²) in [6.07, 6.45) is 0.790. The number of aromatic nitrogens is 2. The molecule has 0 aliphatic heterocycles. The van der Waals surface area contributed by atoms with Crippen LogP contribution in [0.5, 0.6) is 0 Å². The van der Waals surface area contributed by atoms with Crippen LogP contribution >= 0.6 is 11.8 Å². The number of H-pyrrole nitrogens is 1. The van der Waals surface area contributed by atoms with Crippen molar-refractivity contribution in [1.82, 2.24) is 9.97 Å². The maximum atomic E-state index is 12.3. The van der Waals surface area contributed by atoms with E-state index in [1.165, 1.54) is 22.9 Å². The van der Waals surface area contributed by atoms with E-state index in [9.17, 15) is 4.79 Å². The van der Waals surface area contributed by atoms with E-state index >= 15 is 0 Å². The number of thioether (sulfide) groups is 1. The number of hydrogen-bond donors (Lipinski definition) is 2. The van der Waals surface area contributed by atoms with E-state index in [1.54, 1.807) is 0 Å². The summed E-state index contributed by atoms with van der Waals surface area (Å²) in [6, 6.07) is 16.2. The second-order valence-electron chi connectivity index (χ2n) is 6.36. The summed E-state index contributed by atoms with van der Waals surface area (Å²) in [6.45, 7) is 6.08. The third-order valence-corrected chi connectivity index (χ3v) is 5.27. The molecule has 0 saturated heterocycles. The largest absolute Gasteiger partial charge is 0.337 e. The molecule has 1 aromatic heterocycles. The molecular weight excluding hydrogens is 342 g/mol. The number of rotatable bonds is 6. The second kappa shape index (κ2) is 8.23. The van der Waals surface area contributed by atoms with Crippen LogP contribution in [0.3, 0.4) is 0 Å². The monoisotopic (exact) mass is 365 g/mol. The summed E-state index contributed by atoms with van der Waals surface area (Å²) < 4.78 is 0. The van der Waals surface area contributed by atoms with Crippen LogP contribution in [0.25, 0.3) is 0 Å². The zero-order valence-corrected chi connectivity index (χ0v) is 16.1. The molecule has 2 aromatic carbocycles. The molecule has 0 saturated carbocycles. The Morgan fingerprint density at radius 1 is 1.08 bits per heavy atom. The van der Waals surface area contributed by atoms with Crippen LogP contribution in [0.2, 0.25) is 0 Å². The van der Waals surface area contributed by atoms with Crippen molar-refractivity contribution >= 4 is 23.4 Å². The lowest BCUT2D eigenvalue weighted by molar-refractivity contribution is -0.113. The average Bonchev–Trinajstić information content (AvgIpc) is 2.98. The molecule has 0 unspecified atom stereocenters. The summed E-state index contributed by atoms with van der Waals surface area (Å²) >= 11 is 1.42. The van der Waals surface area contributed by atoms with Crippen LogP contribution in [0.4, 0.5) is 5.69 Å². The van der Waals surface area contributed by atoms with E-state index in [2.05, 4.69) is 27.4 Å². The van der Waals surface area contributed by atoms with Crippen molar-refractivity contribution in [3.05, 3.63) is 76.6 Å². The quantitative estimate of drug-likeness (QED) is 0.625. The number of benzene rings is 2. The van der Waals surface area contributed by atoms with Crippen molar-refractivity contribution in [3.8, 4) is 0 Å². The van der Waals surface area contributed by atoms with Crippen LogP contribution in [-0.2, 0) is 11.2 Å². The van der Waals surface area contributed by atoms with Gasteiger partial charge in [0, 0.05) is 17.8 Å². The highest BCUT2D eigenvalue weighted by Gasteiger charge is 2.11. The molecule has 0 radical (unpaired) electrons. The predicted octanol–water partition coefficient (Wildman–Crippen LogP) is 4.66. The minimum absolute atomic E-state index is 0.0256. The molecule has 1 heterocycles. The van der Waals surface area contributed by atoms with Crippen LogP contribution in [0.15, 0.2) is 53.7 Å². The Bertz CT molecular complexity index is 903. The fraction of sp³-hybridized carbons (Fsp3) is 0.238. The van der Waals surface area contributed by atoms with Gasteiger partial charge >= 0.3 is 0 Å². The summed E-state index contributed by atoms with van der Waals surface area (Å²) in [7, 11) is 0. The first-order chi connectivity index (χ1) is 12.5. The first kappa shape index (κ1) is 18.3. The molecule has 4 nitrogen and oxygen atoms in total. The molecule has 0 atom stereocenters. The number of imidazole rings is 1. The van der Waals surface area contributed by atoms with Gasteiger partial charge in [-0.3, -0.25) is 4.79 Å². The summed E-state index contributed by atoms with van der Waals surface area (Å²) in [4.78, 5) is 20.2. The zero-order chi connectivity index (χ0) is 18.5. The number of anilines is 1. The lowest BCUT2D eigenvalue weighted by Crippen LogP contribution is -2.15. The number of amides is 1. The number of carbonyl (C=O) groups is 1. The lowest BCUT2D eigenvalue weighted by atomic mass is 10.1. The number of nitrogens with zero attached hydrogens (tertiary/aromatic N) is 1. The number of carbonyl (C=O) groups excluding carboxylic acids is 1. The van der Waals surface area contributed by atoms with Crippen molar-refractivity contribution < 1.29 is 4.79 Å². The van der Waals surface area contributed by atoms with Gasteiger partial charge in [0.15, 0.2) is 5.16 Å². The number of nitrogens with one attached hydrogen (secondary N) is 2. The molecule has 3 rings (SSSR count). The maximum Gasteiger partial charge on any atom is 0.234 e. The van der Waals surface area contributed by atoms with Gasteiger partial charge in [0.2, 0.25) is 5.91 Å². The van der Waals surface area contributed by atoms with Crippen LogP contribution in [0, 0.1) is 20.8 Å². The highest BCUT2D eigenvalue weighted by molar-refractivity contribution is 7.99.